The zero-order valence-corrected chi connectivity index (χ0v) is 6.79. The van der Waals surface area contributed by atoms with Crippen LogP contribution in [0, 0.1) is 12.3 Å². The fraction of sp³-hybridized carbons (Fsp3) is 0.625. The predicted octanol–water partition coefficient (Wildman–Crippen LogP) is -1.13. The van der Waals surface area contributed by atoms with E-state index in [4.69, 9.17) is 16.6 Å². The number of carbonyl (C=O) groups excluding carboxylic acids is 1. The highest BCUT2D eigenvalue weighted by Gasteiger charge is 2.04. The van der Waals surface area contributed by atoms with Crippen LogP contribution >= 0.6 is 0 Å². The summed E-state index contributed by atoms with van der Waals surface area (Å²) in [6, 6.07) is 0. The van der Waals surface area contributed by atoms with Crippen molar-refractivity contribution < 1.29 is 15.0 Å². The Kier molecular flexibility index (Phi) is 6.07. The first-order chi connectivity index (χ1) is 5.70. The summed E-state index contributed by atoms with van der Waals surface area (Å²) in [5.41, 5.74) is 0. The van der Waals surface area contributed by atoms with Crippen LogP contribution in [0.15, 0.2) is 0 Å². The highest BCUT2D eigenvalue weighted by molar-refractivity contribution is 5.76. The Bertz CT molecular complexity index is 174. The van der Waals surface area contributed by atoms with Gasteiger partial charge in [-0.15, -0.1) is 12.3 Å². The third-order valence-corrected chi connectivity index (χ3v) is 1.24. The number of aliphatic hydroxyl groups is 2. The number of carbonyl (C=O) groups is 1. The molecule has 0 aromatic rings. The van der Waals surface area contributed by atoms with Crippen LogP contribution in [-0.4, -0.2) is 35.4 Å². The molecule has 0 aromatic heterocycles. The van der Waals surface area contributed by atoms with Crippen molar-refractivity contribution in [1.29, 1.82) is 0 Å². The summed E-state index contributed by atoms with van der Waals surface area (Å²) in [6.45, 7) is -0.282. The second-order valence-corrected chi connectivity index (χ2v) is 2.34. The zero-order valence-electron chi connectivity index (χ0n) is 6.79. The Labute approximate surface area is 71.6 Å². The highest BCUT2D eigenvalue weighted by Crippen LogP contribution is 1.86. The molecule has 0 saturated carbocycles. The number of amides is 1. The van der Waals surface area contributed by atoms with Gasteiger partial charge in [-0.25, -0.2) is 0 Å². The van der Waals surface area contributed by atoms with Crippen LogP contribution in [0.1, 0.15) is 12.8 Å². The van der Waals surface area contributed by atoms with E-state index in [1.165, 1.54) is 0 Å². The number of rotatable bonds is 5. The van der Waals surface area contributed by atoms with Gasteiger partial charge in [0.05, 0.1) is 12.7 Å². The number of nitrogens with one attached hydrogen (secondary N) is 1. The Balaban J connectivity index is 3.38. The van der Waals surface area contributed by atoms with E-state index >= 15 is 0 Å². The number of aliphatic hydroxyl groups excluding tert-OH is 2. The van der Waals surface area contributed by atoms with E-state index in [9.17, 15) is 4.79 Å². The molecular weight excluding hydrogens is 158 g/mol. The molecule has 12 heavy (non-hydrogen) atoms. The first kappa shape index (κ1) is 11.0. The lowest BCUT2D eigenvalue weighted by Crippen LogP contribution is -2.33. The van der Waals surface area contributed by atoms with E-state index in [1.54, 1.807) is 0 Å². The second kappa shape index (κ2) is 6.65. The largest absolute Gasteiger partial charge is 0.394 e. The Morgan fingerprint density at radius 2 is 2.33 bits per heavy atom. The minimum atomic E-state index is -0.889. The Morgan fingerprint density at radius 1 is 1.67 bits per heavy atom. The van der Waals surface area contributed by atoms with Crippen LogP contribution in [0.4, 0.5) is 0 Å². The van der Waals surface area contributed by atoms with Crippen molar-refractivity contribution in [2.24, 2.45) is 0 Å². The van der Waals surface area contributed by atoms with Crippen LogP contribution < -0.4 is 5.32 Å². The summed E-state index contributed by atoms with van der Waals surface area (Å²) in [4.78, 5) is 10.8. The molecule has 0 saturated heterocycles. The quantitative estimate of drug-likeness (QED) is 0.458. The molecule has 0 aromatic carbocycles. The van der Waals surface area contributed by atoms with Crippen LogP contribution in [0.3, 0.4) is 0 Å². The smallest absolute Gasteiger partial charge is 0.221 e. The molecule has 4 nitrogen and oxygen atoms in total. The SMILES string of the molecule is C#CCCC(=O)NCC(O)CO. The monoisotopic (exact) mass is 171 g/mol. The average molecular weight is 171 g/mol. The topological polar surface area (TPSA) is 69.6 Å². The molecule has 0 radical (unpaired) electrons. The third kappa shape index (κ3) is 5.71. The summed E-state index contributed by atoms with van der Waals surface area (Å²) in [5.74, 6) is 2.12. The van der Waals surface area contributed by atoms with Gasteiger partial charge in [-0.3, -0.25) is 4.79 Å². The fourth-order valence-electron chi connectivity index (χ4n) is 0.570. The predicted molar refractivity (Wildman–Crippen MR) is 44.2 cm³/mol. The number of hydrogen-bond acceptors (Lipinski definition) is 3. The molecule has 3 N–H and O–H groups in total. The molecule has 0 spiro atoms. The average Bonchev–Trinajstić information content (AvgIpc) is 2.10. The van der Waals surface area contributed by atoms with Crippen LogP contribution in [0.25, 0.3) is 0 Å². The van der Waals surface area contributed by atoms with Crippen molar-refractivity contribution in [2.45, 2.75) is 18.9 Å². The van der Waals surface area contributed by atoms with Gasteiger partial charge in [-0.05, 0) is 0 Å². The normalized spacial score (nSPS) is 11.8. The standard InChI is InChI=1S/C8H13NO3/c1-2-3-4-8(12)9-5-7(11)6-10/h1,7,10-11H,3-6H2,(H,9,12). The van der Waals surface area contributed by atoms with Gasteiger partial charge in [0.1, 0.15) is 0 Å². The lowest BCUT2D eigenvalue weighted by molar-refractivity contribution is -0.121. The lowest BCUT2D eigenvalue weighted by Gasteiger charge is -2.07. The van der Waals surface area contributed by atoms with E-state index in [1.807, 2.05) is 0 Å². The summed E-state index contributed by atoms with van der Waals surface area (Å²) >= 11 is 0. The summed E-state index contributed by atoms with van der Waals surface area (Å²) in [7, 11) is 0. The molecule has 68 valence electrons. The van der Waals surface area contributed by atoms with Crippen LogP contribution in [0.2, 0.25) is 0 Å². The summed E-state index contributed by atoms with van der Waals surface area (Å²) < 4.78 is 0. The van der Waals surface area contributed by atoms with Gasteiger partial charge < -0.3 is 15.5 Å². The maximum atomic E-state index is 10.8. The van der Waals surface area contributed by atoms with Crippen molar-refractivity contribution >= 4 is 5.91 Å². The first-order valence-corrected chi connectivity index (χ1v) is 3.69. The minimum absolute atomic E-state index is 0.0693. The summed E-state index contributed by atoms with van der Waals surface area (Å²) in [6.07, 6.45) is 4.70. The lowest BCUT2D eigenvalue weighted by atomic mass is 10.3. The summed E-state index contributed by atoms with van der Waals surface area (Å²) in [5, 5.41) is 19.6. The van der Waals surface area contributed by atoms with Gasteiger partial charge >= 0.3 is 0 Å². The van der Waals surface area contributed by atoms with Gasteiger partial charge in [-0.2, -0.15) is 0 Å². The zero-order chi connectivity index (χ0) is 9.40. The second-order valence-electron chi connectivity index (χ2n) is 2.34. The van der Waals surface area contributed by atoms with Gasteiger partial charge in [0.2, 0.25) is 5.91 Å². The molecule has 1 amide bonds. The number of terminal acetylenes is 1. The molecule has 0 aliphatic rings. The molecule has 1 unspecified atom stereocenters. The molecule has 0 bridgehead atoms. The van der Waals surface area contributed by atoms with E-state index < -0.39 is 6.10 Å². The third-order valence-electron chi connectivity index (χ3n) is 1.24. The van der Waals surface area contributed by atoms with Gasteiger partial charge in [0.15, 0.2) is 0 Å². The minimum Gasteiger partial charge on any atom is -0.394 e. The highest BCUT2D eigenvalue weighted by atomic mass is 16.3. The fourth-order valence-corrected chi connectivity index (χ4v) is 0.570. The van der Waals surface area contributed by atoms with Crippen molar-refractivity contribution in [1.82, 2.24) is 5.32 Å². The van der Waals surface area contributed by atoms with E-state index in [0.717, 1.165) is 0 Å². The van der Waals surface area contributed by atoms with Crippen LogP contribution in [0.5, 0.6) is 0 Å². The van der Waals surface area contributed by atoms with E-state index in [0.29, 0.717) is 6.42 Å². The van der Waals surface area contributed by atoms with Crippen molar-refractivity contribution in [3.63, 3.8) is 0 Å². The van der Waals surface area contributed by atoms with Crippen molar-refractivity contribution in [3.05, 3.63) is 0 Å². The molecule has 0 rings (SSSR count). The Morgan fingerprint density at radius 3 is 2.83 bits per heavy atom. The van der Waals surface area contributed by atoms with E-state index in [-0.39, 0.29) is 25.5 Å². The maximum Gasteiger partial charge on any atom is 0.221 e. The van der Waals surface area contributed by atoms with Crippen molar-refractivity contribution in [3.8, 4) is 12.3 Å². The molecule has 0 aliphatic heterocycles. The van der Waals surface area contributed by atoms with Gasteiger partial charge in [-0.1, -0.05) is 0 Å². The molecule has 1 atom stereocenters. The van der Waals surface area contributed by atoms with E-state index in [2.05, 4.69) is 11.2 Å². The Hall–Kier alpha value is -1.05. The molecule has 4 heteroatoms. The molecular formula is C8H13NO3. The maximum absolute atomic E-state index is 10.8. The van der Waals surface area contributed by atoms with Crippen molar-refractivity contribution in [2.75, 3.05) is 13.2 Å². The number of hydrogen-bond donors (Lipinski definition) is 3. The first-order valence-electron chi connectivity index (χ1n) is 3.69. The van der Waals surface area contributed by atoms with Crippen LogP contribution in [-0.2, 0) is 4.79 Å². The van der Waals surface area contributed by atoms with Gasteiger partial charge in [0.25, 0.3) is 0 Å². The van der Waals surface area contributed by atoms with Gasteiger partial charge in [0, 0.05) is 19.4 Å². The molecule has 0 heterocycles. The molecule has 0 aliphatic carbocycles. The molecule has 0 fully saturated rings.